The van der Waals surface area contributed by atoms with Gasteiger partial charge >= 0.3 is 0 Å². The zero-order valence-corrected chi connectivity index (χ0v) is 17.7. The molecule has 1 nitrogen and oxygen atoms in total. The van der Waals surface area contributed by atoms with Gasteiger partial charge in [0.1, 0.15) is 0 Å². The largest absolute Gasteiger partial charge is 0.258 e. The number of hydrogen-bond donors (Lipinski definition) is 0. The molecular formula is C25H35N. The van der Waals surface area contributed by atoms with E-state index in [1.54, 1.807) is 5.56 Å². The second-order valence-electron chi connectivity index (χ2n) is 8.61. The predicted molar refractivity (Wildman–Crippen MR) is 113 cm³/mol. The summed E-state index contributed by atoms with van der Waals surface area (Å²) in [6.45, 7) is 15.7. The summed E-state index contributed by atoms with van der Waals surface area (Å²) in [6, 6.07) is 10.8. The van der Waals surface area contributed by atoms with Crippen molar-refractivity contribution in [3.8, 4) is 11.1 Å². The summed E-state index contributed by atoms with van der Waals surface area (Å²) in [7, 11) is 0. The third kappa shape index (κ3) is 2.90. The van der Waals surface area contributed by atoms with Crippen molar-refractivity contribution < 1.29 is 0 Å². The van der Waals surface area contributed by atoms with Crippen LogP contribution in [0.4, 0.5) is 0 Å². The molecule has 0 N–H and O–H groups in total. The molecule has 26 heavy (non-hydrogen) atoms. The molecule has 2 aliphatic carbocycles. The highest BCUT2D eigenvalue weighted by Gasteiger charge is 2.54. The van der Waals surface area contributed by atoms with E-state index in [0.717, 1.165) is 11.8 Å². The van der Waals surface area contributed by atoms with Gasteiger partial charge in [-0.2, -0.15) is 0 Å². The number of aryl methyl sites for hydroxylation is 2. The standard InChI is InChI=1S/C23H29N.C2H6/c1-14-21(17-9-7-6-8-10-17)15(2)24-16(3)22(14)19-13-18-11-12-20(19)23(18,4)5;1-2/h6-10,18-20H,11-13H2,1-5H3;1-2H3/t18?,19-,20?;/m0./s1. The van der Waals surface area contributed by atoms with Crippen molar-refractivity contribution >= 4 is 0 Å². The van der Waals surface area contributed by atoms with Gasteiger partial charge in [-0.25, -0.2) is 0 Å². The number of nitrogens with zero attached hydrogens (tertiary/aromatic N) is 1. The minimum absolute atomic E-state index is 0.501. The van der Waals surface area contributed by atoms with Crippen LogP contribution in [-0.2, 0) is 0 Å². The summed E-state index contributed by atoms with van der Waals surface area (Å²) < 4.78 is 0. The van der Waals surface area contributed by atoms with Crippen LogP contribution in [0.15, 0.2) is 30.3 Å². The fraction of sp³-hybridized carbons (Fsp3) is 0.560. The molecule has 2 unspecified atom stereocenters. The first-order valence-electron chi connectivity index (χ1n) is 10.4. The maximum absolute atomic E-state index is 4.99. The molecule has 2 bridgehead atoms. The molecule has 140 valence electrons. The van der Waals surface area contributed by atoms with Gasteiger partial charge in [0.2, 0.25) is 0 Å². The Morgan fingerprint density at radius 1 is 0.923 bits per heavy atom. The lowest BCUT2D eigenvalue weighted by Crippen LogP contribution is -2.20. The van der Waals surface area contributed by atoms with E-state index in [9.17, 15) is 0 Å². The third-order valence-electron chi connectivity index (χ3n) is 7.16. The average molecular weight is 350 g/mol. The molecule has 1 heteroatoms. The number of hydrogen-bond acceptors (Lipinski definition) is 1. The summed E-state index contributed by atoms with van der Waals surface area (Å²) in [5.74, 6) is 2.43. The highest BCUT2D eigenvalue weighted by atomic mass is 14.7. The van der Waals surface area contributed by atoms with Crippen molar-refractivity contribution in [2.45, 2.75) is 73.6 Å². The van der Waals surface area contributed by atoms with Gasteiger partial charge in [-0.1, -0.05) is 58.0 Å². The molecule has 2 saturated carbocycles. The van der Waals surface area contributed by atoms with Gasteiger partial charge in [0.15, 0.2) is 0 Å². The lowest BCUT2D eigenvalue weighted by atomic mass is 9.76. The lowest BCUT2D eigenvalue weighted by molar-refractivity contribution is 0.253. The van der Waals surface area contributed by atoms with Gasteiger partial charge in [-0.15, -0.1) is 0 Å². The summed E-state index contributed by atoms with van der Waals surface area (Å²) >= 11 is 0. The number of pyridine rings is 1. The minimum atomic E-state index is 0.501. The van der Waals surface area contributed by atoms with Crippen LogP contribution in [-0.4, -0.2) is 4.98 Å². The molecule has 0 saturated heterocycles. The normalized spacial score (nSPS) is 25.7. The maximum Gasteiger partial charge on any atom is 0.0457 e. The Morgan fingerprint density at radius 3 is 2.12 bits per heavy atom. The molecule has 0 amide bonds. The van der Waals surface area contributed by atoms with Gasteiger partial charge in [0.05, 0.1) is 0 Å². The number of rotatable bonds is 2. The van der Waals surface area contributed by atoms with Crippen LogP contribution < -0.4 is 0 Å². The van der Waals surface area contributed by atoms with Gasteiger partial charge in [0, 0.05) is 17.0 Å². The minimum Gasteiger partial charge on any atom is -0.258 e. The van der Waals surface area contributed by atoms with E-state index >= 15 is 0 Å². The van der Waals surface area contributed by atoms with E-state index in [4.69, 9.17) is 4.98 Å². The topological polar surface area (TPSA) is 12.9 Å². The molecule has 0 spiro atoms. The Hall–Kier alpha value is -1.63. The molecule has 2 aromatic rings. The highest BCUT2D eigenvalue weighted by molar-refractivity contribution is 5.71. The van der Waals surface area contributed by atoms with E-state index in [1.165, 1.54) is 47.3 Å². The van der Waals surface area contributed by atoms with Crippen LogP contribution in [0.1, 0.15) is 75.4 Å². The molecular weight excluding hydrogens is 314 g/mol. The molecule has 1 aromatic carbocycles. The molecule has 2 fully saturated rings. The van der Waals surface area contributed by atoms with Crippen molar-refractivity contribution in [1.29, 1.82) is 0 Å². The van der Waals surface area contributed by atoms with E-state index in [0.29, 0.717) is 11.3 Å². The first-order valence-corrected chi connectivity index (χ1v) is 10.4. The van der Waals surface area contributed by atoms with Crippen molar-refractivity contribution in [2.24, 2.45) is 17.3 Å². The van der Waals surface area contributed by atoms with Crippen LogP contribution in [0, 0.1) is 38.0 Å². The highest BCUT2D eigenvalue weighted by Crippen LogP contribution is 2.64. The Kier molecular flexibility index (Phi) is 5.28. The smallest absolute Gasteiger partial charge is 0.0457 e. The quantitative estimate of drug-likeness (QED) is 0.557. The van der Waals surface area contributed by atoms with Crippen molar-refractivity contribution in [3.05, 3.63) is 52.8 Å². The van der Waals surface area contributed by atoms with Crippen molar-refractivity contribution in [1.82, 2.24) is 4.98 Å². The molecule has 0 aliphatic heterocycles. The zero-order chi connectivity index (χ0) is 19.1. The van der Waals surface area contributed by atoms with E-state index in [1.807, 2.05) is 13.8 Å². The predicted octanol–water partition coefficient (Wildman–Crippen LogP) is 7.24. The Labute approximate surface area is 160 Å². The number of fused-ring (bicyclic) bond motifs is 2. The van der Waals surface area contributed by atoms with Crippen LogP contribution >= 0.6 is 0 Å². The Morgan fingerprint density at radius 2 is 1.58 bits per heavy atom. The summed E-state index contributed by atoms with van der Waals surface area (Å²) in [6.07, 6.45) is 4.19. The average Bonchev–Trinajstić information content (AvgIpc) is 3.04. The fourth-order valence-corrected chi connectivity index (χ4v) is 5.98. The number of benzene rings is 1. The summed E-state index contributed by atoms with van der Waals surface area (Å²) in [5.41, 5.74) is 8.63. The van der Waals surface area contributed by atoms with Gasteiger partial charge in [0.25, 0.3) is 0 Å². The monoisotopic (exact) mass is 349 g/mol. The molecule has 2 aliphatic rings. The van der Waals surface area contributed by atoms with Gasteiger partial charge < -0.3 is 0 Å². The van der Waals surface area contributed by atoms with Crippen LogP contribution in [0.5, 0.6) is 0 Å². The van der Waals surface area contributed by atoms with Crippen molar-refractivity contribution in [3.63, 3.8) is 0 Å². The Balaban J connectivity index is 0.000000948. The van der Waals surface area contributed by atoms with Crippen LogP contribution in [0.2, 0.25) is 0 Å². The summed E-state index contributed by atoms with van der Waals surface area (Å²) in [5, 5.41) is 0. The maximum atomic E-state index is 4.99. The number of aromatic nitrogens is 1. The molecule has 3 atom stereocenters. The molecule has 4 rings (SSSR count). The third-order valence-corrected chi connectivity index (χ3v) is 7.16. The van der Waals surface area contributed by atoms with Gasteiger partial charge in [-0.3, -0.25) is 4.98 Å². The second-order valence-corrected chi connectivity index (χ2v) is 8.61. The zero-order valence-electron chi connectivity index (χ0n) is 17.7. The SMILES string of the molecule is CC.Cc1nc(C)c([C@H]2CC3CCC2C3(C)C)c(C)c1-c1ccccc1. The van der Waals surface area contributed by atoms with E-state index in [2.05, 4.69) is 65.0 Å². The second kappa shape index (κ2) is 7.18. The lowest BCUT2D eigenvalue weighted by Gasteiger charge is -2.30. The first kappa shape index (κ1) is 19.1. The van der Waals surface area contributed by atoms with Gasteiger partial charge in [-0.05, 0) is 79.9 Å². The first-order chi connectivity index (χ1) is 12.4. The van der Waals surface area contributed by atoms with Crippen LogP contribution in [0.3, 0.4) is 0 Å². The fourth-order valence-electron chi connectivity index (χ4n) is 5.98. The molecule has 1 heterocycles. The Bertz CT molecular complexity index is 772. The van der Waals surface area contributed by atoms with E-state index < -0.39 is 0 Å². The van der Waals surface area contributed by atoms with Crippen molar-refractivity contribution in [2.75, 3.05) is 0 Å². The summed E-state index contributed by atoms with van der Waals surface area (Å²) in [4.78, 5) is 4.99. The van der Waals surface area contributed by atoms with Crippen LogP contribution in [0.25, 0.3) is 11.1 Å². The molecule has 1 aromatic heterocycles. The van der Waals surface area contributed by atoms with E-state index in [-0.39, 0.29) is 0 Å². The molecule has 0 radical (unpaired) electrons.